The molecular weight excluding hydrogens is 322 g/mol. The van der Waals surface area contributed by atoms with Crippen LogP contribution in [0.4, 0.5) is 4.79 Å². The first kappa shape index (κ1) is 17.0. The van der Waals surface area contributed by atoms with Crippen LogP contribution in [0.1, 0.15) is 43.4 Å². The van der Waals surface area contributed by atoms with Gasteiger partial charge in [-0.05, 0) is 36.3 Å². The quantitative estimate of drug-likeness (QED) is 0.860. The third-order valence-corrected chi connectivity index (χ3v) is 5.63. The van der Waals surface area contributed by atoms with Crippen LogP contribution in [-0.4, -0.2) is 42.5 Å². The Balaban J connectivity index is 1.36. The van der Waals surface area contributed by atoms with E-state index in [9.17, 15) is 9.59 Å². The molecule has 1 aromatic heterocycles. The van der Waals surface area contributed by atoms with E-state index in [4.69, 9.17) is 0 Å². The van der Waals surface area contributed by atoms with E-state index in [0.29, 0.717) is 25.6 Å². The highest BCUT2D eigenvalue weighted by atomic mass is 32.1. The summed E-state index contributed by atoms with van der Waals surface area (Å²) in [5.74, 6) is 0.0423. The van der Waals surface area contributed by atoms with Gasteiger partial charge in [-0.15, -0.1) is 11.3 Å². The van der Waals surface area contributed by atoms with E-state index < -0.39 is 0 Å². The number of thiophene rings is 1. The lowest BCUT2D eigenvalue weighted by molar-refractivity contribution is -0.121. The fraction of sp³-hybridized carbons (Fsp3) is 0.556. The van der Waals surface area contributed by atoms with Gasteiger partial charge in [0.1, 0.15) is 0 Å². The van der Waals surface area contributed by atoms with Gasteiger partial charge in [-0.3, -0.25) is 4.79 Å². The normalized spacial score (nSPS) is 18.3. The largest absolute Gasteiger partial charge is 0.353 e. The van der Waals surface area contributed by atoms with Gasteiger partial charge in [0.15, 0.2) is 0 Å². The van der Waals surface area contributed by atoms with Gasteiger partial charge < -0.3 is 15.5 Å². The van der Waals surface area contributed by atoms with Crippen LogP contribution in [0.5, 0.6) is 0 Å². The number of nitrogens with zero attached hydrogens (tertiary/aromatic N) is 1. The standard InChI is InChI=1S/C18H25N3O2S/c22-17(20-15-4-1-2-5-15)7-10-19-18(23)21-11-8-14(9-12-21)16-6-3-13-24-16/h3,6,8,13,15H,1-2,4-5,7,9-12H2,(H,19,23)(H,20,22). The summed E-state index contributed by atoms with van der Waals surface area (Å²) in [5, 5.41) is 7.97. The summed E-state index contributed by atoms with van der Waals surface area (Å²) in [6.07, 6.45) is 7.95. The van der Waals surface area contributed by atoms with E-state index in [1.165, 1.54) is 23.3 Å². The number of nitrogens with one attached hydrogen (secondary N) is 2. The van der Waals surface area contributed by atoms with Gasteiger partial charge in [0.05, 0.1) is 0 Å². The molecule has 2 heterocycles. The highest BCUT2D eigenvalue weighted by Gasteiger charge is 2.19. The first-order chi connectivity index (χ1) is 11.7. The maximum atomic E-state index is 12.2. The first-order valence-electron chi connectivity index (χ1n) is 8.77. The summed E-state index contributed by atoms with van der Waals surface area (Å²) in [7, 11) is 0. The molecule has 0 aromatic carbocycles. The highest BCUT2D eigenvalue weighted by Crippen LogP contribution is 2.25. The van der Waals surface area contributed by atoms with E-state index in [1.807, 2.05) is 0 Å². The second-order valence-corrected chi connectivity index (χ2v) is 7.38. The number of amides is 3. The van der Waals surface area contributed by atoms with Crippen molar-refractivity contribution in [2.45, 2.75) is 44.6 Å². The monoisotopic (exact) mass is 347 g/mol. The molecule has 0 bridgehead atoms. The Morgan fingerprint density at radius 1 is 1.29 bits per heavy atom. The number of hydrogen-bond donors (Lipinski definition) is 2. The zero-order valence-corrected chi connectivity index (χ0v) is 14.7. The molecule has 1 fully saturated rings. The summed E-state index contributed by atoms with van der Waals surface area (Å²) in [6.45, 7) is 1.76. The molecule has 3 rings (SSSR count). The molecule has 2 N–H and O–H groups in total. The fourth-order valence-electron chi connectivity index (χ4n) is 3.30. The predicted octanol–water partition coefficient (Wildman–Crippen LogP) is 3.00. The van der Waals surface area contributed by atoms with Crippen LogP contribution in [0.25, 0.3) is 5.57 Å². The Morgan fingerprint density at radius 3 is 2.79 bits per heavy atom. The van der Waals surface area contributed by atoms with Gasteiger partial charge in [-0.1, -0.05) is 25.0 Å². The summed E-state index contributed by atoms with van der Waals surface area (Å²) in [4.78, 5) is 27.1. The summed E-state index contributed by atoms with van der Waals surface area (Å²) >= 11 is 1.74. The van der Waals surface area contributed by atoms with Crippen LogP contribution in [0.15, 0.2) is 23.6 Å². The molecule has 6 heteroatoms. The lowest BCUT2D eigenvalue weighted by Gasteiger charge is -2.26. The topological polar surface area (TPSA) is 61.4 Å². The van der Waals surface area contributed by atoms with E-state index in [0.717, 1.165) is 25.8 Å². The van der Waals surface area contributed by atoms with E-state index >= 15 is 0 Å². The lowest BCUT2D eigenvalue weighted by atomic mass is 10.1. The van der Waals surface area contributed by atoms with Gasteiger partial charge in [-0.25, -0.2) is 4.79 Å². The van der Waals surface area contributed by atoms with Crippen molar-refractivity contribution in [2.75, 3.05) is 19.6 Å². The van der Waals surface area contributed by atoms with Crippen LogP contribution in [-0.2, 0) is 4.79 Å². The van der Waals surface area contributed by atoms with E-state index in [2.05, 4.69) is 34.2 Å². The molecule has 2 aliphatic rings. The molecule has 130 valence electrons. The van der Waals surface area contributed by atoms with E-state index in [1.54, 1.807) is 16.2 Å². The summed E-state index contributed by atoms with van der Waals surface area (Å²) in [6, 6.07) is 4.44. The molecule has 24 heavy (non-hydrogen) atoms. The molecule has 0 radical (unpaired) electrons. The number of carbonyl (C=O) groups is 2. The molecule has 5 nitrogen and oxygen atoms in total. The Bertz CT molecular complexity index is 591. The third kappa shape index (κ3) is 4.60. The van der Waals surface area contributed by atoms with Crippen molar-refractivity contribution in [3.8, 4) is 0 Å². The van der Waals surface area contributed by atoms with Gasteiger partial charge in [0, 0.05) is 37.0 Å². The Hall–Kier alpha value is -1.82. The van der Waals surface area contributed by atoms with Crippen molar-refractivity contribution in [2.24, 2.45) is 0 Å². The summed E-state index contributed by atoms with van der Waals surface area (Å²) < 4.78 is 0. The van der Waals surface area contributed by atoms with Crippen molar-refractivity contribution >= 4 is 28.8 Å². The van der Waals surface area contributed by atoms with Gasteiger partial charge in [0.25, 0.3) is 0 Å². The zero-order chi connectivity index (χ0) is 16.8. The third-order valence-electron chi connectivity index (χ3n) is 4.68. The van der Waals surface area contributed by atoms with Crippen molar-refractivity contribution in [3.05, 3.63) is 28.5 Å². The minimum atomic E-state index is -0.0786. The Morgan fingerprint density at radius 2 is 2.12 bits per heavy atom. The van der Waals surface area contributed by atoms with Crippen LogP contribution in [0.3, 0.4) is 0 Å². The van der Waals surface area contributed by atoms with Gasteiger partial charge in [-0.2, -0.15) is 0 Å². The number of rotatable bonds is 5. The van der Waals surface area contributed by atoms with E-state index in [-0.39, 0.29) is 11.9 Å². The average molecular weight is 347 g/mol. The molecular formula is C18H25N3O2S. The maximum Gasteiger partial charge on any atom is 0.317 e. The SMILES string of the molecule is O=C(CCNC(=O)N1CC=C(c2cccs2)CC1)NC1CCCC1. The first-order valence-corrected chi connectivity index (χ1v) is 9.65. The zero-order valence-electron chi connectivity index (χ0n) is 13.9. The molecule has 3 amide bonds. The molecule has 1 aliphatic heterocycles. The lowest BCUT2D eigenvalue weighted by Crippen LogP contribution is -2.43. The molecule has 0 atom stereocenters. The molecule has 1 aromatic rings. The average Bonchev–Trinajstić information content (AvgIpc) is 3.28. The van der Waals surface area contributed by atoms with Crippen LogP contribution in [0.2, 0.25) is 0 Å². The molecule has 0 unspecified atom stereocenters. The van der Waals surface area contributed by atoms with Crippen molar-refractivity contribution in [3.63, 3.8) is 0 Å². The molecule has 0 spiro atoms. The maximum absolute atomic E-state index is 12.2. The number of carbonyl (C=O) groups excluding carboxylic acids is 2. The van der Waals surface area contributed by atoms with Crippen LogP contribution >= 0.6 is 11.3 Å². The van der Waals surface area contributed by atoms with Crippen LogP contribution < -0.4 is 10.6 Å². The molecule has 0 saturated heterocycles. The molecule has 1 aliphatic carbocycles. The Labute approximate surface area is 147 Å². The minimum absolute atomic E-state index is 0.0423. The molecule has 1 saturated carbocycles. The van der Waals surface area contributed by atoms with Crippen molar-refractivity contribution in [1.29, 1.82) is 0 Å². The van der Waals surface area contributed by atoms with Crippen LogP contribution in [0, 0.1) is 0 Å². The van der Waals surface area contributed by atoms with Gasteiger partial charge >= 0.3 is 6.03 Å². The van der Waals surface area contributed by atoms with Crippen molar-refractivity contribution in [1.82, 2.24) is 15.5 Å². The predicted molar refractivity (Wildman–Crippen MR) is 96.9 cm³/mol. The number of urea groups is 1. The minimum Gasteiger partial charge on any atom is -0.353 e. The van der Waals surface area contributed by atoms with Crippen molar-refractivity contribution < 1.29 is 9.59 Å². The fourth-order valence-corrected chi connectivity index (χ4v) is 4.10. The second kappa shape index (κ2) is 8.33. The summed E-state index contributed by atoms with van der Waals surface area (Å²) in [5.41, 5.74) is 1.32. The number of hydrogen-bond acceptors (Lipinski definition) is 3. The highest BCUT2D eigenvalue weighted by molar-refractivity contribution is 7.11. The smallest absolute Gasteiger partial charge is 0.317 e. The Kier molecular flexibility index (Phi) is 5.91. The van der Waals surface area contributed by atoms with Gasteiger partial charge in [0.2, 0.25) is 5.91 Å². The second-order valence-electron chi connectivity index (χ2n) is 6.43.